The Morgan fingerprint density at radius 2 is 1.75 bits per heavy atom. The predicted octanol–water partition coefficient (Wildman–Crippen LogP) is 5.69. The lowest BCUT2D eigenvalue weighted by molar-refractivity contribution is 0.130. The van der Waals surface area contributed by atoms with Crippen LogP contribution in [0.25, 0.3) is 16.9 Å². The van der Waals surface area contributed by atoms with Gasteiger partial charge in [-0.05, 0) is 38.1 Å². The highest BCUT2D eigenvalue weighted by Crippen LogP contribution is 2.32. The molecule has 0 amide bonds. The molecule has 3 rings (SSSR count). The van der Waals surface area contributed by atoms with E-state index in [0.29, 0.717) is 23.3 Å². The molecule has 1 heterocycles. The first kappa shape index (κ1) is 17.0. The monoisotopic (exact) mass is 360 g/mol. The zero-order valence-corrected chi connectivity index (χ0v) is 15.1. The van der Waals surface area contributed by atoms with Crippen LogP contribution in [0.15, 0.2) is 48.5 Å². The van der Waals surface area contributed by atoms with Gasteiger partial charge in [-0.25, -0.2) is 4.68 Å². The van der Waals surface area contributed by atoms with Crippen molar-refractivity contribution in [1.82, 2.24) is 9.78 Å². The maximum absolute atomic E-state index is 6.40. The zero-order chi connectivity index (χ0) is 17.1. The predicted molar refractivity (Wildman–Crippen MR) is 99.1 cm³/mol. The van der Waals surface area contributed by atoms with Gasteiger partial charge in [-0.1, -0.05) is 47.5 Å². The van der Waals surface area contributed by atoms with E-state index in [-0.39, 0.29) is 0 Å². The van der Waals surface area contributed by atoms with Crippen molar-refractivity contribution >= 4 is 23.2 Å². The summed E-state index contributed by atoms with van der Waals surface area (Å²) in [6, 6.07) is 15.4. The van der Waals surface area contributed by atoms with Crippen molar-refractivity contribution in [2.75, 3.05) is 6.61 Å². The van der Waals surface area contributed by atoms with Gasteiger partial charge in [-0.3, -0.25) is 0 Å². The Morgan fingerprint density at radius 1 is 1.04 bits per heavy atom. The van der Waals surface area contributed by atoms with E-state index in [4.69, 9.17) is 33.0 Å². The second-order valence-electron chi connectivity index (χ2n) is 5.43. The van der Waals surface area contributed by atoms with Crippen molar-refractivity contribution in [1.29, 1.82) is 0 Å². The van der Waals surface area contributed by atoms with Crippen LogP contribution in [0.1, 0.15) is 18.2 Å². The van der Waals surface area contributed by atoms with E-state index in [9.17, 15) is 0 Å². The lowest BCUT2D eigenvalue weighted by atomic mass is 10.1. The molecule has 0 aliphatic carbocycles. The number of halogens is 2. The standard InChI is InChI=1S/C19H18Cl2N2O/c1-3-24-12-17-13(2)19(14-8-10-15(20)11-9-14)23(22-17)18-7-5-4-6-16(18)21/h4-11H,3,12H2,1-2H3. The first-order chi connectivity index (χ1) is 11.6. The molecule has 0 N–H and O–H groups in total. The quantitative estimate of drug-likeness (QED) is 0.584. The summed E-state index contributed by atoms with van der Waals surface area (Å²) in [4.78, 5) is 0. The van der Waals surface area contributed by atoms with Gasteiger partial charge in [0.2, 0.25) is 0 Å². The SMILES string of the molecule is CCOCc1nn(-c2ccccc2Cl)c(-c2ccc(Cl)cc2)c1C. The van der Waals surface area contributed by atoms with Crippen LogP contribution >= 0.6 is 23.2 Å². The molecule has 0 unspecified atom stereocenters. The molecule has 3 nitrogen and oxygen atoms in total. The smallest absolute Gasteiger partial charge is 0.0921 e. The largest absolute Gasteiger partial charge is 0.375 e. The third-order valence-electron chi connectivity index (χ3n) is 3.86. The van der Waals surface area contributed by atoms with Crippen LogP contribution in [0.3, 0.4) is 0 Å². The van der Waals surface area contributed by atoms with Crippen molar-refractivity contribution in [2.24, 2.45) is 0 Å². The van der Waals surface area contributed by atoms with Gasteiger partial charge in [-0.2, -0.15) is 5.10 Å². The van der Waals surface area contributed by atoms with Crippen LogP contribution in [0.5, 0.6) is 0 Å². The third kappa shape index (κ3) is 3.34. The summed E-state index contributed by atoms with van der Waals surface area (Å²) in [5.41, 5.74) is 4.85. The Labute approximate surface area is 151 Å². The van der Waals surface area contributed by atoms with Crippen LogP contribution in [-0.4, -0.2) is 16.4 Å². The van der Waals surface area contributed by atoms with Crippen LogP contribution in [0.4, 0.5) is 0 Å². The highest BCUT2D eigenvalue weighted by atomic mass is 35.5. The summed E-state index contributed by atoms with van der Waals surface area (Å²) in [5, 5.41) is 6.11. The maximum atomic E-state index is 6.40. The molecule has 0 aliphatic heterocycles. The van der Waals surface area contributed by atoms with E-state index in [2.05, 4.69) is 6.92 Å². The number of ether oxygens (including phenoxy) is 1. The van der Waals surface area contributed by atoms with Crippen molar-refractivity contribution < 1.29 is 4.74 Å². The average molecular weight is 361 g/mol. The molecule has 1 aromatic heterocycles. The number of hydrogen-bond donors (Lipinski definition) is 0. The van der Waals surface area contributed by atoms with Crippen molar-refractivity contribution in [3.05, 3.63) is 69.8 Å². The van der Waals surface area contributed by atoms with E-state index >= 15 is 0 Å². The molecule has 0 bridgehead atoms. The van der Waals surface area contributed by atoms with Crippen molar-refractivity contribution in [3.8, 4) is 16.9 Å². The summed E-state index contributed by atoms with van der Waals surface area (Å²) < 4.78 is 7.44. The first-order valence-electron chi connectivity index (χ1n) is 7.79. The fourth-order valence-electron chi connectivity index (χ4n) is 2.62. The molecule has 3 aromatic rings. The number of benzene rings is 2. The highest BCUT2D eigenvalue weighted by molar-refractivity contribution is 6.32. The molecule has 0 aliphatic rings. The van der Waals surface area contributed by atoms with E-state index in [1.54, 1.807) is 0 Å². The summed E-state index contributed by atoms with van der Waals surface area (Å²) in [6.45, 7) is 5.15. The molecule has 0 spiro atoms. The Morgan fingerprint density at radius 3 is 2.42 bits per heavy atom. The van der Waals surface area contributed by atoms with E-state index in [1.807, 2.05) is 60.1 Å². The molecule has 0 atom stereocenters. The normalized spacial score (nSPS) is 11.0. The zero-order valence-electron chi connectivity index (χ0n) is 13.6. The second kappa shape index (κ2) is 7.39. The molecule has 2 aromatic carbocycles. The second-order valence-corrected chi connectivity index (χ2v) is 6.27. The lowest BCUT2D eigenvalue weighted by Crippen LogP contribution is -2.01. The van der Waals surface area contributed by atoms with Crippen LogP contribution < -0.4 is 0 Å². The average Bonchev–Trinajstić information content (AvgIpc) is 2.91. The van der Waals surface area contributed by atoms with Crippen LogP contribution in [-0.2, 0) is 11.3 Å². The third-order valence-corrected chi connectivity index (χ3v) is 4.43. The van der Waals surface area contributed by atoms with Gasteiger partial charge in [0.1, 0.15) is 0 Å². The fourth-order valence-corrected chi connectivity index (χ4v) is 2.96. The van der Waals surface area contributed by atoms with Gasteiger partial charge in [0.25, 0.3) is 0 Å². The van der Waals surface area contributed by atoms with Gasteiger partial charge in [-0.15, -0.1) is 0 Å². The minimum Gasteiger partial charge on any atom is -0.375 e. The maximum Gasteiger partial charge on any atom is 0.0921 e. The van der Waals surface area contributed by atoms with Gasteiger partial charge >= 0.3 is 0 Å². The van der Waals surface area contributed by atoms with Crippen LogP contribution in [0.2, 0.25) is 10.0 Å². The minimum atomic E-state index is 0.473. The van der Waals surface area contributed by atoms with E-state index < -0.39 is 0 Å². The summed E-state index contributed by atoms with van der Waals surface area (Å²) >= 11 is 12.4. The highest BCUT2D eigenvalue weighted by Gasteiger charge is 2.18. The molecular weight excluding hydrogens is 343 g/mol. The number of rotatable bonds is 5. The molecule has 124 valence electrons. The molecule has 0 radical (unpaired) electrons. The van der Waals surface area contributed by atoms with Gasteiger partial charge < -0.3 is 4.74 Å². The first-order valence-corrected chi connectivity index (χ1v) is 8.54. The molecule has 0 fully saturated rings. The molecule has 5 heteroatoms. The van der Waals surface area contributed by atoms with E-state index in [0.717, 1.165) is 28.2 Å². The number of para-hydroxylation sites is 1. The van der Waals surface area contributed by atoms with Crippen molar-refractivity contribution in [3.63, 3.8) is 0 Å². The molecule has 24 heavy (non-hydrogen) atoms. The van der Waals surface area contributed by atoms with Crippen LogP contribution in [0, 0.1) is 6.92 Å². The lowest BCUT2D eigenvalue weighted by Gasteiger charge is -2.10. The van der Waals surface area contributed by atoms with Gasteiger partial charge in [0.05, 0.1) is 28.7 Å². The number of aromatic nitrogens is 2. The molecule has 0 saturated heterocycles. The topological polar surface area (TPSA) is 27.1 Å². The Bertz CT molecular complexity index is 841. The number of nitrogens with zero attached hydrogens (tertiary/aromatic N) is 2. The van der Waals surface area contributed by atoms with Gasteiger partial charge in [0.15, 0.2) is 0 Å². The number of hydrogen-bond acceptors (Lipinski definition) is 2. The Hall–Kier alpha value is -1.81. The summed E-state index contributed by atoms with van der Waals surface area (Å²) in [6.07, 6.45) is 0. The molecule has 0 saturated carbocycles. The van der Waals surface area contributed by atoms with E-state index in [1.165, 1.54) is 0 Å². The Balaban J connectivity index is 2.19. The molecular formula is C19H18Cl2N2O. The fraction of sp³-hybridized carbons (Fsp3) is 0.211. The van der Waals surface area contributed by atoms with Crippen molar-refractivity contribution in [2.45, 2.75) is 20.5 Å². The minimum absolute atomic E-state index is 0.473. The summed E-state index contributed by atoms with van der Waals surface area (Å²) in [7, 11) is 0. The summed E-state index contributed by atoms with van der Waals surface area (Å²) in [5.74, 6) is 0. The Kier molecular flexibility index (Phi) is 5.24. The van der Waals surface area contributed by atoms with Gasteiger partial charge in [0, 0.05) is 22.8 Å².